The number of para-hydroxylation sites is 1. The molecule has 106 valence electrons. The summed E-state index contributed by atoms with van der Waals surface area (Å²) in [4.78, 5) is 11.7. The minimum atomic E-state index is -0.0560. The highest BCUT2D eigenvalue weighted by molar-refractivity contribution is 5.77. The van der Waals surface area contributed by atoms with Crippen LogP contribution in [-0.4, -0.2) is 18.6 Å². The molecule has 0 radical (unpaired) electrons. The van der Waals surface area contributed by atoms with Crippen LogP contribution in [0.25, 0.3) is 0 Å². The second-order valence-electron chi connectivity index (χ2n) is 5.49. The van der Waals surface area contributed by atoms with Gasteiger partial charge in [-0.15, -0.1) is 0 Å². The van der Waals surface area contributed by atoms with Crippen molar-refractivity contribution in [2.75, 3.05) is 6.61 Å². The molecule has 1 amide bonds. The molecule has 1 unspecified atom stereocenters. The number of hydrogen-bond donors (Lipinski definition) is 1. The Labute approximate surface area is 116 Å². The summed E-state index contributed by atoms with van der Waals surface area (Å²) in [6, 6.07) is 7.92. The molecule has 0 heterocycles. The van der Waals surface area contributed by atoms with Gasteiger partial charge in [-0.2, -0.15) is 0 Å². The van der Waals surface area contributed by atoms with Crippen LogP contribution in [0.3, 0.4) is 0 Å². The van der Waals surface area contributed by atoms with Gasteiger partial charge in [0.2, 0.25) is 0 Å². The van der Waals surface area contributed by atoms with Crippen molar-refractivity contribution in [3.8, 4) is 5.75 Å². The van der Waals surface area contributed by atoms with Gasteiger partial charge in [0, 0.05) is 6.04 Å². The third-order valence-corrected chi connectivity index (χ3v) is 3.04. The van der Waals surface area contributed by atoms with Gasteiger partial charge < -0.3 is 10.1 Å². The molecular weight excluding hydrogens is 238 g/mol. The number of carbonyl (C=O) groups is 1. The van der Waals surface area contributed by atoms with E-state index in [0.29, 0.717) is 5.92 Å². The Hall–Kier alpha value is -1.51. The molecule has 0 aliphatic carbocycles. The van der Waals surface area contributed by atoms with E-state index < -0.39 is 0 Å². The number of aryl methyl sites for hydroxylation is 1. The molecule has 0 spiro atoms. The molecule has 0 aliphatic rings. The number of hydrogen-bond acceptors (Lipinski definition) is 2. The van der Waals surface area contributed by atoms with E-state index in [2.05, 4.69) is 19.2 Å². The normalized spacial score (nSPS) is 12.3. The van der Waals surface area contributed by atoms with Gasteiger partial charge in [-0.1, -0.05) is 32.0 Å². The highest BCUT2D eigenvalue weighted by Gasteiger charge is 2.09. The van der Waals surface area contributed by atoms with E-state index in [-0.39, 0.29) is 18.6 Å². The largest absolute Gasteiger partial charge is 0.484 e. The Bertz CT molecular complexity index is 401. The molecule has 0 aromatic heterocycles. The molecule has 0 bridgehead atoms. The zero-order chi connectivity index (χ0) is 14.3. The van der Waals surface area contributed by atoms with E-state index in [4.69, 9.17) is 4.74 Å². The number of ether oxygens (including phenoxy) is 1. The molecule has 0 saturated heterocycles. The quantitative estimate of drug-likeness (QED) is 0.819. The molecule has 1 aromatic carbocycles. The Morgan fingerprint density at radius 1 is 1.21 bits per heavy atom. The third-order valence-electron chi connectivity index (χ3n) is 3.04. The Morgan fingerprint density at radius 3 is 2.53 bits per heavy atom. The molecule has 0 fully saturated rings. The van der Waals surface area contributed by atoms with E-state index in [1.165, 1.54) is 0 Å². The van der Waals surface area contributed by atoms with Crippen LogP contribution < -0.4 is 10.1 Å². The Morgan fingerprint density at radius 2 is 1.89 bits per heavy atom. The first kappa shape index (κ1) is 15.5. The minimum Gasteiger partial charge on any atom is -0.484 e. The lowest BCUT2D eigenvalue weighted by atomic mass is 10.0. The van der Waals surface area contributed by atoms with Crippen molar-refractivity contribution in [2.45, 2.75) is 46.6 Å². The summed E-state index contributed by atoms with van der Waals surface area (Å²) < 4.78 is 5.51. The van der Waals surface area contributed by atoms with E-state index >= 15 is 0 Å². The number of carbonyl (C=O) groups excluding carboxylic acids is 1. The number of nitrogens with one attached hydrogen (secondary N) is 1. The molecule has 3 heteroatoms. The van der Waals surface area contributed by atoms with Crippen molar-refractivity contribution in [3.63, 3.8) is 0 Å². The molecule has 1 aromatic rings. The molecule has 1 N–H and O–H groups in total. The van der Waals surface area contributed by atoms with Gasteiger partial charge in [0.25, 0.3) is 5.91 Å². The van der Waals surface area contributed by atoms with Crippen molar-refractivity contribution < 1.29 is 9.53 Å². The van der Waals surface area contributed by atoms with Gasteiger partial charge in [0.05, 0.1) is 0 Å². The maximum atomic E-state index is 11.7. The number of rotatable bonds is 7. The summed E-state index contributed by atoms with van der Waals surface area (Å²) in [6.07, 6.45) is 2.13. The lowest BCUT2D eigenvalue weighted by molar-refractivity contribution is -0.123. The second kappa shape index (κ2) is 7.82. The van der Waals surface area contributed by atoms with Crippen LogP contribution in [0.5, 0.6) is 5.75 Å². The molecule has 1 rings (SSSR count). The van der Waals surface area contributed by atoms with Crippen LogP contribution in [0.2, 0.25) is 0 Å². The summed E-state index contributed by atoms with van der Waals surface area (Å²) in [5.74, 6) is 1.38. The lowest BCUT2D eigenvalue weighted by Crippen LogP contribution is -2.36. The monoisotopic (exact) mass is 263 g/mol. The van der Waals surface area contributed by atoms with Crippen molar-refractivity contribution in [3.05, 3.63) is 29.8 Å². The summed E-state index contributed by atoms with van der Waals surface area (Å²) in [6.45, 7) is 8.47. The standard InChI is InChI=1S/C16H25NO2/c1-12(2)9-10-14(4)17-16(18)11-19-15-8-6-5-7-13(15)3/h5-8,12,14H,9-11H2,1-4H3,(H,17,18). The Balaban J connectivity index is 2.30. The van der Waals surface area contributed by atoms with Gasteiger partial charge in [0.1, 0.15) is 5.75 Å². The summed E-state index contributed by atoms with van der Waals surface area (Å²) in [7, 11) is 0. The van der Waals surface area contributed by atoms with Gasteiger partial charge in [-0.25, -0.2) is 0 Å². The molecule has 0 saturated carbocycles. The van der Waals surface area contributed by atoms with E-state index in [9.17, 15) is 4.79 Å². The predicted molar refractivity (Wildman–Crippen MR) is 78.4 cm³/mol. The smallest absolute Gasteiger partial charge is 0.258 e. The SMILES string of the molecule is Cc1ccccc1OCC(=O)NC(C)CCC(C)C. The van der Waals surface area contributed by atoms with Crippen LogP contribution in [0, 0.1) is 12.8 Å². The average Bonchev–Trinajstić information content (AvgIpc) is 2.35. The lowest BCUT2D eigenvalue weighted by Gasteiger charge is -2.15. The predicted octanol–water partition coefficient (Wildman–Crippen LogP) is 3.31. The number of amides is 1. The summed E-state index contributed by atoms with van der Waals surface area (Å²) >= 11 is 0. The van der Waals surface area contributed by atoms with Crippen molar-refractivity contribution in [1.29, 1.82) is 0 Å². The van der Waals surface area contributed by atoms with Crippen molar-refractivity contribution >= 4 is 5.91 Å². The van der Waals surface area contributed by atoms with Crippen LogP contribution in [0.1, 0.15) is 39.2 Å². The van der Waals surface area contributed by atoms with Gasteiger partial charge in [0.15, 0.2) is 6.61 Å². The first-order valence-corrected chi connectivity index (χ1v) is 6.97. The molecule has 0 aliphatic heterocycles. The van der Waals surface area contributed by atoms with Gasteiger partial charge in [-0.3, -0.25) is 4.79 Å². The zero-order valence-corrected chi connectivity index (χ0v) is 12.4. The molecule has 1 atom stereocenters. The average molecular weight is 263 g/mol. The highest BCUT2D eigenvalue weighted by atomic mass is 16.5. The van der Waals surface area contributed by atoms with Gasteiger partial charge in [-0.05, 0) is 44.2 Å². The topological polar surface area (TPSA) is 38.3 Å². The minimum absolute atomic E-state index is 0.0560. The fourth-order valence-electron chi connectivity index (χ4n) is 1.83. The third kappa shape index (κ3) is 6.27. The maximum Gasteiger partial charge on any atom is 0.258 e. The summed E-state index contributed by atoms with van der Waals surface area (Å²) in [5, 5.41) is 2.96. The van der Waals surface area contributed by atoms with Crippen LogP contribution in [0.15, 0.2) is 24.3 Å². The second-order valence-corrected chi connectivity index (χ2v) is 5.49. The van der Waals surface area contributed by atoms with Crippen molar-refractivity contribution in [1.82, 2.24) is 5.32 Å². The van der Waals surface area contributed by atoms with Crippen LogP contribution >= 0.6 is 0 Å². The molecule has 3 nitrogen and oxygen atoms in total. The highest BCUT2D eigenvalue weighted by Crippen LogP contribution is 2.15. The fourth-order valence-corrected chi connectivity index (χ4v) is 1.83. The first-order valence-electron chi connectivity index (χ1n) is 6.97. The number of benzene rings is 1. The summed E-state index contributed by atoms with van der Waals surface area (Å²) in [5.41, 5.74) is 1.04. The van der Waals surface area contributed by atoms with E-state index in [1.807, 2.05) is 38.1 Å². The maximum absolute atomic E-state index is 11.7. The van der Waals surface area contributed by atoms with E-state index in [1.54, 1.807) is 0 Å². The van der Waals surface area contributed by atoms with Crippen LogP contribution in [-0.2, 0) is 4.79 Å². The van der Waals surface area contributed by atoms with E-state index in [0.717, 1.165) is 24.2 Å². The van der Waals surface area contributed by atoms with Crippen molar-refractivity contribution in [2.24, 2.45) is 5.92 Å². The first-order chi connectivity index (χ1) is 8.99. The molecular formula is C16H25NO2. The molecule has 19 heavy (non-hydrogen) atoms. The zero-order valence-electron chi connectivity index (χ0n) is 12.4. The Kier molecular flexibility index (Phi) is 6.40. The van der Waals surface area contributed by atoms with Gasteiger partial charge >= 0.3 is 0 Å². The van der Waals surface area contributed by atoms with Crippen LogP contribution in [0.4, 0.5) is 0 Å². The fraction of sp³-hybridized carbons (Fsp3) is 0.562.